The second-order valence-corrected chi connectivity index (χ2v) is 10.1. The van der Waals surface area contributed by atoms with Crippen LogP contribution in [-0.2, 0) is 17.9 Å². The number of methoxy groups -OCH3 is 1. The average Bonchev–Trinajstić information content (AvgIpc) is 3.42. The summed E-state index contributed by atoms with van der Waals surface area (Å²) in [5.74, 6) is 0.834. The van der Waals surface area contributed by atoms with Crippen LogP contribution in [0.25, 0.3) is 33.5 Å². The van der Waals surface area contributed by atoms with E-state index in [2.05, 4.69) is 27.3 Å². The fourth-order valence-corrected chi connectivity index (χ4v) is 5.09. The summed E-state index contributed by atoms with van der Waals surface area (Å²) in [6, 6.07) is 17.5. The van der Waals surface area contributed by atoms with Crippen molar-refractivity contribution in [1.29, 1.82) is 0 Å². The van der Waals surface area contributed by atoms with Crippen LogP contribution in [0.4, 0.5) is 0 Å². The summed E-state index contributed by atoms with van der Waals surface area (Å²) in [6.07, 6.45) is 5.92. The van der Waals surface area contributed by atoms with E-state index in [0.717, 1.165) is 43.4 Å². The van der Waals surface area contributed by atoms with Crippen molar-refractivity contribution in [2.24, 2.45) is 0 Å². The fourth-order valence-electron chi connectivity index (χ4n) is 5.09. The lowest BCUT2D eigenvalue weighted by atomic mass is 10.0. The van der Waals surface area contributed by atoms with Crippen LogP contribution in [0, 0.1) is 0 Å². The number of hydrogen-bond acceptors (Lipinski definition) is 6. The Morgan fingerprint density at radius 2 is 1.82 bits per heavy atom. The minimum absolute atomic E-state index is 0.118. The SMILES string of the molecule is COc1cccc(-c2nc3ncc(-c4cccc(CN(C)C)c4)cc3c(=O)n2CC(=O)NC2CCCC2)c1. The molecule has 4 aromatic rings. The largest absolute Gasteiger partial charge is 0.497 e. The van der Waals surface area contributed by atoms with Crippen molar-refractivity contribution in [3.05, 3.63) is 76.7 Å². The number of carbonyl (C=O) groups is 1. The number of nitrogens with one attached hydrogen (secondary N) is 1. The molecule has 1 aliphatic rings. The number of carbonyl (C=O) groups excluding carboxylic acids is 1. The smallest absolute Gasteiger partial charge is 0.263 e. The van der Waals surface area contributed by atoms with Crippen LogP contribution in [0.1, 0.15) is 31.2 Å². The lowest BCUT2D eigenvalue weighted by molar-refractivity contribution is -0.122. The highest BCUT2D eigenvalue weighted by Gasteiger charge is 2.21. The molecule has 0 atom stereocenters. The van der Waals surface area contributed by atoms with Crippen LogP contribution in [-0.4, -0.2) is 52.6 Å². The summed E-state index contributed by atoms with van der Waals surface area (Å²) in [6.45, 7) is 0.691. The van der Waals surface area contributed by atoms with Gasteiger partial charge in [-0.15, -0.1) is 0 Å². The number of ether oxygens (including phenoxy) is 1. The first-order valence-corrected chi connectivity index (χ1v) is 13.0. The molecule has 0 bridgehead atoms. The minimum atomic E-state index is -0.298. The van der Waals surface area contributed by atoms with E-state index in [-0.39, 0.29) is 24.1 Å². The molecule has 5 rings (SSSR count). The molecule has 8 nitrogen and oxygen atoms in total. The van der Waals surface area contributed by atoms with Crippen molar-refractivity contribution in [2.45, 2.75) is 44.8 Å². The van der Waals surface area contributed by atoms with Crippen molar-refractivity contribution in [2.75, 3.05) is 21.2 Å². The van der Waals surface area contributed by atoms with Gasteiger partial charge in [0, 0.05) is 29.9 Å². The van der Waals surface area contributed by atoms with Crippen LogP contribution >= 0.6 is 0 Å². The van der Waals surface area contributed by atoms with Crippen LogP contribution < -0.4 is 15.6 Å². The maximum atomic E-state index is 13.9. The number of amides is 1. The molecular weight excluding hydrogens is 478 g/mol. The first-order chi connectivity index (χ1) is 18.4. The van der Waals surface area contributed by atoms with E-state index in [4.69, 9.17) is 9.72 Å². The lowest BCUT2D eigenvalue weighted by Crippen LogP contribution is -2.38. The normalized spacial score (nSPS) is 13.8. The summed E-state index contributed by atoms with van der Waals surface area (Å²) in [4.78, 5) is 38.4. The van der Waals surface area contributed by atoms with E-state index in [1.54, 1.807) is 13.3 Å². The van der Waals surface area contributed by atoms with Gasteiger partial charge in [0.1, 0.15) is 18.1 Å². The molecule has 0 unspecified atom stereocenters. The molecule has 1 aliphatic carbocycles. The van der Waals surface area contributed by atoms with E-state index in [0.29, 0.717) is 28.2 Å². The highest BCUT2D eigenvalue weighted by Crippen LogP contribution is 2.26. The number of benzene rings is 2. The first-order valence-electron chi connectivity index (χ1n) is 13.0. The van der Waals surface area contributed by atoms with Crippen molar-refractivity contribution < 1.29 is 9.53 Å². The molecule has 0 aliphatic heterocycles. The van der Waals surface area contributed by atoms with Crippen LogP contribution in [0.5, 0.6) is 5.75 Å². The van der Waals surface area contributed by atoms with Crippen LogP contribution in [0.3, 0.4) is 0 Å². The molecule has 0 saturated heterocycles. The van der Waals surface area contributed by atoms with Gasteiger partial charge >= 0.3 is 0 Å². The molecule has 0 radical (unpaired) electrons. The van der Waals surface area contributed by atoms with E-state index in [1.165, 1.54) is 10.1 Å². The summed E-state index contributed by atoms with van der Waals surface area (Å²) in [5, 5.41) is 3.47. The number of pyridine rings is 1. The highest BCUT2D eigenvalue weighted by molar-refractivity contribution is 5.83. The molecule has 1 N–H and O–H groups in total. The number of rotatable bonds is 8. The predicted octanol–water partition coefficient (Wildman–Crippen LogP) is 4.25. The molecule has 1 fully saturated rings. The third-order valence-electron chi connectivity index (χ3n) is 6.92. The van der Waals surface area contributed by atoms with Crippen LogP contribution in [0.15, 0.2) is 65.6 Å². The highest BCUT2D eigenvalue weighted by atomic mass is 16.5. The second kappa shape index (κ2) is 11.1. The van der Waals surface area contributed by atoms with E-state index in [1.807, 2.05) is 56.6 Å². The van der Waals surface area contributed by atoms with Gasteiger partial charge in [-0.3, -0.25) is 14.2 Å². The van der Waals surface area contributed by atoms with E-state index in [9.17, 15) is 9.59 Å². The van der Waals surface area contributed by atoms with Gasteiger partial charge in [0.05, 0.1) is 12.5 Å². The standard InChI is InChI=1S/C30H33N5O3/c1-34(2)18-20-8-6-9-21(14-20)23-16-26-28(31-17-23)33-29(22-10-7-13-25(15-22)38-3)35(30(26)37)19-27(36)32-24-11-4-5-12-24/h6-10,13-17,24H,4-5,11-12,18-19H2,1-3H3,(H,32,36). The van der Waals surface area contributed by atoms with Crippen molar-refractivity contribution in [3.8, 4) is 28.3 Å². The van der Waals surface area contributed by atoms with Gasteiger partial charge in [-0.2, -0.15) is 0 Å². The molecule has 2 heterocycles. The third-order valence-corrected chi connectivity index (χ3v) is 6.92. The molecule has 38 heavy (non-hydrogen) atoms. The zero-order valence-corrected chi connectivity index (χ0v) is 22.1. The Bertz CT molecular complexity index is 1520. The Kier molecular flexibility index (Phi) is 7.51. The topological polar surface area (TPSA) is 89.4 Å². The second-order valence-electron chi connectivity index (χ2n) is 10.1. The number of fused-ring (bicyclic) bond motifs is 1. The van der Waals surface area contributed by atoms with Gasteiger partial charge in [-0.05, 0) is 62.3 Å². The third kappa shape index (κ3) is 5.60. The zero-order chi connectivity index (χ0) is 26.6. The molecular formula is C30H33N5O3. The van der Waals surface area contributed by atoms with Gasteiger partial charge in [0.2, 0.25) is 5.91 Å². The van der Waals surface area contributed by atoms with Gasteiger partial charge in [0.25, 0.3) is 5.56 Å². The molecule has 2 aromatic heterocycles. The number of hydrogen-bond donors (Lipinski definition) is 1. The minimum Gasteiger partial charge on any atom is -0.497 e. The Morgan fingerprint density at radius 1 is 1.05 bits per heavy atom. The average molecular weight is 512 g/mol. The maximum Gasteiger partial charge on any atom is 0.263 e. The summed E-state index contributed by atoms with van der Waals surface area (Å²) in [5.41, 5.74) is 3.69. The molecule has 8 heteroatoms. The van der Waals surface area contributed by atoms with E-state index >= 15 is 0 Å². The van der Waals surface area contributed by atoms with Gasteiger partial charge in [-0.1, -0.05) is 43.2 Å². The maximum absolute atomic E-state index is 13.9. The zero-order valence-electron chi connectivity index (χ0n) is 22.1. The van der Waals surface area contributed by atoms with Crippen LogP contribution in [0.2, 0.25) is 0 Å². The summed E-state index contributed by atoms with van der Waals surface area (Å²) >= 11 is 0. The summed E-state index contributed by atoms with van der Waals surface area (Å²) in [7, 11) is 5.65. The monoisotopic (exact) mass is 511 g/mol. The molecule has 196 valence electrons. The number of nitrogens with zero attached hydrogens (tertiary/aromatic N) is 4. The van der Waals surface area contributed by atoms with Gasteiger partial charge in [-0.25, -0.2) is 9.97 Å². The van der Waals surface area contributed by atoms with Gasteiger partial charge in [0.15, 0.2) is 5.65 Å². The Balaban J connectivity index is 1.60. The quantitative estimate of drug-likeness (QED) is 0.380. The molecule has 0 spiro atoms. The van der Waals surface area contributed by atoms with Crippen molar-refractivity contribution in [1.82, 2.24) is 24.8 Å². The lowest BCUT2D eigenvalue weighted by Gasteiger charge is -2.16. The first kappa shape index (κ1) is 25.6. The Morgan fingerprint density at radius 3 is 2.58 bits per heavy atom. The Hall–Kier alpha value is -4.04. The molecule has 2 aromatic carbocycles. The number of aromatic nitrogens is 3. The molecule has 1 saturated carbocycles. The van der Waals surface area contributed by atoms with Crippen molar-refractivity contribution >= 4 is 16.9 Å². The fraction of sp³-hybridized carbons (Fsp3) is 0.333. The molecule has 1 amide bonds. The van der Waals surface area contributed by atoms with Gasteiger partial charge < -0.3 is 15.0 Å². The van der Waals surface area contributed by atoms with E-state index < -0.39 is 0 Å². The predicted molar refractivity (Wildman–Crippen MR) is 149 cm³/mol. The summed E-state index contributed by atoms with van der Waals surface area (Å²) < 4.78 is 6.84. The Labute approximate surface area is 222 Å². The van der Waals surface area contributed by atoms with Crippen molar-refractivity contribution in [3.63, 3.8) is 0 Å².